The van der Waals surface area contributed by atoms with Crippen LogP contribution in [0.4, 0.5) is 5.69 Å². The van der Waals surface area contributed by atoms with Gasteiger partial charge in [0, 0.05) is 10.7 Å². The second-order valence-corrected chi connectivity index (χ2v) is 5.47. The first-order chi connectivity index (χ1) is 12.0. The summed E-state index contributed by atoms with van der Waals surface area (Å²) < 4.78 is 5.33. The lowest BCUT2D eigenvalue weighted by atomic mass is 10.2. The summed E-state index contributed by atoms with van der Waals surface area (Å²) in [6.07, 6.45) is 1.44. The van der Waals surface area contributed by atoms with Crippen molar-refractivity contribution in [2.45, 2.75) is 13.8 Å². The monoisotopic (exact) mass is 359 g/mol. The van der Waals surface area contributed by atoms with Crippen LogP contribution in [0.2, 0.25) is 5.02 Å². The fourth-order valence-corrected chi connectivity index (χ4v) is 2.13. The van der Waals surface area contributed by atoms with Crippen LogP contribution in [-0.4, -0.2) is 24.6 Å². The number of hydrogen-bond acceptors (Lipinski definition) is 4. The lowest BCUT2D eigenvalue weighted by Crippen LogP contribution is -2.32. The van der Waals surface area contributed by atoms with Crippen molar-refractivity contribution in [3.63, 3.8) is 0 Å². The second-order valence-electron chi connectivity index (χ2n) is 5.07. The topological polar surface area (TPSA) is 79.8 Å². The van der Waals surface area contributed by atoms with Crippen molar-refractivity contribution in [1.82, 2.24) is 5.43 Å². The molecule has 0 aliphatic rings. The van der Waals surface area contributed by atoms with Crippen molar-refractivity contribution in [3.8, 4) is 5.75 Å². The Morgan fingerprint density at radius 2 is 1.88 bits per heavy atom. The highest BCUT2D eigenvalue weighted by Crippen LogP contribution is 2.22. The molecule has 2 aromatic carbocycles. The van der Waals surface area contributed by atoms with Gasteiger partial charge in [0.25, 0.3) is 0 Å². The molecule has 0 aromatic heterocycles. The summed E-state index contributed by atoms with van der Waals surface area (Å²) in [4.78, 5) is 23.7. The van der Waals surface area contributed by atoms with E-state index in [1.165, 1.54) is 6.21 Å². The van der Waals surface area contributed by atoms with Crippen LogP contribution in [-0.2, 0) is 9.59 Å². The Labute approximate surface area is 150 Å². The Kier molecular flexibility index (Phi) is 6.54. The van der Waals surface area contributed by atoms with Crippen LogP contribution in [0.25, 0.3) is 0 Å². The fourth-order valence-electron chi connectivity index (χ4n) is 1.95. The normalized spacial score (nSPS) is 10.5. The smallest absolute Gasteiger partial charge is 0.329 e. The fraction of sp³-hybridized carbons (Fsp3) is 0.167. The summed E-state index contributed by atoms with van der Waals surface area (Å²) in [5.41, 5.74) is 4.10. The van der Waals surface area contributed by atoms with Crippen LogP contribution >= 0.6 is 11.6 Å². The molecule has 6 nitrogen and oxygen atoms in total. The molecule has 0 heterocycles. The number of anilines is 1. The summed E-state index contributed by atoms with van der Waals surface area (Å²) in [5, 5.41) is 6.77. The Morgan fingerprint density at radius 1 is 1.16 bits per heavy atom. The van der Waals surface area contributed by atoms with E-state index in [-0.39, 0.29) is 0 Å². The minimum absolute atomic E-state index is 0.475. The number of halogens is 1. The lowest BCUT2D eigenvalue weighted by Gasteiger charge is -2.08. The molecule has 2 aromatic rings. The van der Waals surface area contributed by atoms with Crippen LogP contribution < -0.4 is 15.5 Å². The number of amides is 2. The van der Waals surface area contributed by atoms with E-state index in [0.29, 0.717) is 22.9 Å². The van der Waals surface area contributed by atoms with E-state index in [1.807, 2.05) is 6.92 Å². The third-order valence-electron chi connectivity index (χ3n) is 3.29. The van der Waals surface area contributed by atoms with Gasteiger partial charge in [0.05, 0.1) is 12.8 Å². The predicted molar refractivity (Wildman–Crippen MR) is 98.2 cm³/mol. The number of carbonyl (C=O) groups excluding carboxylic acids is 2. The SMILES string of the molecule is CCOc1ccc(/C=N\NC(=O)C(=O)Nc2cccc(Cl)c2C)cc1. The standard InChI is InChI=1S/C18H18ClN3O3/c1-3-25-14-9-7-13(8-10-14)11-20-22-18(24)17(23)21-16-6-4-5-15(19)12(16)2/h4-11H,3H2,1-2H3,(H,21,23)(H,22,24)/b20-11-. The van der Waals surface area contributed by atoms with Crippen molar-refractivity contribution in [1.29, 1.82) is 0 Å². The van der Waals surface area contributed by atoms with E-state index in [4.69, 9.17) is 16.3 Å². The average Bonchev–Trinajstić information content (AvgIpc) is 2.60. The average molecular weight is 360 g/mol. The molecular formula is C18H18ClN3O3. The lowest BCUT2D eigenvalue weighted by molar-refractivity contribution is -0.136. The van der Waals surface area contributed by atoms with Gasteiger partial charge in [-0.1, -0.05) is 17.7 Å². The predicted octanol–water partition coefficient (Wildman–Crippen LogP) is 3.14. The van der Waals surface area contributed by atoms with Crippen LogP contribution in [0.5, 0.6) is 5.75 Å². The maximum Gasteiger partial charge on any atom is 0.329 e. The zero-order valence-corrected chi connectivity index (χ0v) is 14.6. The second kappa shape index (κ2) is 8.84. The minimum atomic E-state index is -0.874. The van der Waals surface area contributed by atoms with E-state index >= 15 is 0 Å². The van der Waals surface area contributed by atoms with Gasteiger partial charge in [0.1, 0.15) is 5.75 Å². The number of nitrogens with one attached hydrogen (secondary N) is 2. The molecule has 7 heteroatoms. The van der Waals surface area contributed by atoms with Gasteiger partial charge in [0.15, 0.2) is 0 Å². The molecule has 2 rings (SSSR count). The Hall–Kier alpha value is -2.86. The molecule has 25 heavy (non-hydrogen) atoms. The summed E-state index contributed by atoms with van der Waals surface area (Å²) in [7, 11) is 0. The highest BCUT2D eigenvalue weighted by molar-refractivity contribution is 6.40. The number of ether oxygens (including phenoxy) is 1. The van der Waals surface area contributed by atoms with Crippen LogP contribution in [0.3, 0.4) is 0 Å². The van der Waals surface area contributed by atoms with E-state index in [0.717, 1.165) is 11.3 Å². The van der Waals surface area contributed by atoms with Crippen molar-refractivity contribution >= 4 is 35.3 Å². The van der Waals surface area contributed by atoms with Gasteiger partial charge in [-0.25, -0.2) is 5.43 Å². The molecule has 0 spiro atoms. The van der Waals surface area contributed by atoms with E-state index in [1.54, 1.807) is 49.4 Å². The van der Waals surface area contributed by atoms with Gasteiger partial charge in [0.2, 0.25) is 0 Å². The maximum atomic E-state index is 11.9. The number of hydrazone groups is 1. The van der Waals surface area contributed by atoms with E-state index < -0.39 is 11.8 Å². The van der Waals surface area contributed by atoms with Gasteiger partial charge in [-0.3, -0.25) is 9.59 Å². The molecule has 130 valence electrons. The molecule has 0 saturated carbocycles. The van der Waals surface area contributed by atoms with Gasteiger partial charge >= 0.3 is 11.8 Å². The number of carbonyl (C=O) groups is 2. The molecular weight excluding hydrogens is 342 g/mol. The number of benzene rings is 2. The van der Waals surface area contributed by atoms with Crippen LogP contribution in [0.1, 0.15) is 18.1 Å². The molecule has 0 saturated heterocycles. The summed E-state index contributed by atoms with van der Waals surface area (Å²) in [6.45, 7) is 4.24. The molecule has 0 radical (unpaired) electrons. The quantitative estimate of drug-likeness (QED) is 0.489. The number of hydrogen-bond donors (Lipinski definition) is 2. The van der Waals surface area contributed by atoms with Crippen molar-refractivity contribution in [2.24, 2.45) is 5.10 Å². The Balaban J connectivity index is 1.90. The summed E-state index contributed by atoms with van der Waals surface area (Å²) >= 11 is 5.97. The highest BCUT2D eigenvalue weighted by atomic mass is 35.5. The maximum absolute atomic E-state index is 11.9. The van der Waals surface area contributed by atoms with Gasteiger partial charge in [-0.05, 0) is 61.4 Å². The van der Waals surface area contributed by atoms with Crippen LogP contribution in [0, 0.1) is 6.92 Å². The third-order valence-corrected chi connectivity index (χ3v) is 3.70. The van der Waals surface area contributed by atoms with Crippen molar-refractivity contribution < 1.29 is 14.3 Å². The zero-order valence-electron chi connectivity index (χ0n) is 13.9. The first-order valence-electron chi connectivity index (χ1n) is 7.63. The largest absolute Gasteiger partial charge is 0.494 e. The van der Waals surface area contributed by atoms with Gasteiger partial charge in [-0.15, -0.1) is 0 Å². The minimum Gasteiger partial charge on any atom is -0.494 e. The summed E-state index contributed by atoms with van der Waals surface area (Å²) in [6, 6.07) is 12.2. The highest BCUT2D eigenvalue weighted by Gasteiger charge is 2.14. The number of rotatable bonds is 5. The summed E-state index contributed by atoms with van der Waals surface area (Å²) in [5.74, 6) is -0.948. The molecule has 0 aliphatic heterocycles. The zero-order chi connectivity index (χ0) is 18.2. The van der Waals surface area contributed by atoms with E-state index in [9.17, 15) is 9.59 Å². The van der Waals surface area contributed by atoms with Crippen LogP contribution in [0.15, 0.2) is 47.6 Å². The molecule has 2 amide bonds. The first-order valence-corrected chi connectivity index (χ1v) is 8.01. The van der Waals surface area contributed by atoms with Crippen molar-refractivity contribution in [2.75, 3.05) is 11.9 Å². The van der Waals surface area contributed by atoms with E-state index in [2.05, 4.69) is 15.8 Å². The molecule has 0 atom stereocenters. The van der Waals surface area contributed by atoms with Gasteiger partial charge in [-0.2, -0.15) is 5.10 Å². The molecule has 0 bridgehead atoms. The number of nitrogens with zero attached hydrogens (tertiary/aromatic N) is 1. The Morgan fingerprint density at radius 3 is 2.56 bits per heavy atom. The van der Waals surface area contributed by atoms with Crippen molar-refractivity contribution in [3.05, 3.63) is 58.6 Å². The molecule has 0 aliphatic carbocycles. The molecule has 0 unspecified atom stereocenters. The molecule has 2 N–H and O–H groups in total. The molecule has 0 fully saturated rings. The first kappa shape index (κ1) is 18.5. The third kappa shape index (κ3) is 5.32. The van der Waals surface area contributed by atoms with Gasteiger partial charge < -0.3 is 10.1 Å². The Bertz CT molecular complexity index is 789.